The highest BCUT2D eigenvalue weighted by atomic mass is 32.2. The maximum atomic E-state index is 12.4. The Morgan fingerprint density at radius 3 is 2.24 bits per heavy atom. The largest absolute Gasteiger partial charge is 0.481 e. The Hall–Kier alpha value is -3.46. The minimum absolute atomic E-state index is 0.0203. The molecule has 2 N–H and O–H groups in total. The van der Waals surface area contributed by atoms with E-state index in [1.807, 2.05) is 19.1 Å². The van der Waals surface area contributed by atoms with E-state index in [2.05, 4.69) is 20.0 Å². The molecule has 0 aliphatic carbocycles. The number of rotatable bonds is 7. The molecular weight excluding hydrogens is 392 g/mol. The monoisotopic (exact) mass is 412 g/mol. The van der Waals surface area contributed by atoms with Gasteiger partial charge in [0, 0.05) is 18.1 Å². The fraction of sp³-hybridized carbons (Fsp3) is 0.150. The summed E-state index contributed by atoms with van der Waals surface area (Å²) in [5.41, 5.74) is 1.54. The van der Waals surface area contributed by atoms with Gasteiger partial charge in [0.25, 0.3) is 15.9 Å². The molecule has 8 nitrogen and oxygen atoms in total. The van der Waals surface area contributed by atoms with Crippen LogP contribution < -0.4 is 14.8 Å². The van der Waals surface area contributed by atoms with E-state index in [4.69, 9.17) is 4.74 Å². The zero-order chi connectivity index (χ0) is 20.9. The smallest absolute Gasteiger partial charge is 0.265 e. The van der Waals surface area contributed by atoms with E-state index >= 15 is 0 Å². The van der Waals surface area contributed by atoms with Crippen molar-refractivity contribution in [2.45, 2.75) is 24.8 Å². The Morgan fingerprint density at radius 1 is 1.00 bits per heavy atom. The number of hydrogen-bond acceptors (Lipinski definition) is 6. The second kappa shape index (κ2) is 8.70. The molecule has 1 amide bonds. The van der Waals surface area contributed by atoms with Crippen LogP contribution in [0.3, 0.4) is 0 Å². The lowest BCUT2D eigenvalue weighted by Crippen LogP contribution is -2.30. The van der Waals surface area contributed by atoms with Crippen LogP contribution >= 0.6 is 0 Å². The summed E-state index contributed by atoms with van der Waals surface area (Å²) < 4.78 is 32.6. The number of aromatic nitrogens is 2. The molecular formula is C20H20N4O4S. The summed E-state index contributed by atoms with van der Waals surface area (Å²) in [6, 6.07) is 14.7. The topological polar surface area (TPSA) is 110 Å². The lowest BCUT2D eigenvalue weighted by molar-refractivity contribution is -0.122. The SMILES string of the molecule is Cc1ccc(OC(C)C(=O)Nc2ccc(S(=O)(=O)Nc3ncccn3)cc2)cc1. The van der Waals surface area contributed by atoms with Crippen molar-refractivity contribution >= 4 is 27.6 Å². The first-order valence-corrected chi connectivity index (χ1v) is 10.3. The molecule has 1 unspecified atom stereocenters. The molecule has 1 heterocycles. The van der Waals surface area contributed by atoms with Gasteiger partial charge in [-0.05, 0) is 56.3 Å². The summed E-state index contributed by atoms with van der Waals surface area (Å²) in [6.45, 7) is 3.60. The zero-order valence-corrected chi connectivity index (χ0v) is 16.7. The second-order valence-corrected chi connectivity index (χ2v) is 7.95. The predicted molar refractivity (Wildman–Crippen MR) is 109 cm³/mol. The molecule has 0 aliphatic rings. The third-order valence-corrected chi connectivity index (χ3v) is 5.27. The van der Waals surface area contributed by atoms with Crippen LogP contribution in [0.15, 0.2) is 71.9 Å². The van der Waals surface area contributed by atoms with Crippen LogP contribution in [-0.4, -0.2) is 30.4 Å². The number of nitrogens with one attached hydrogen (secondary N) is 2. The predicted octanol–water partition coefficient (Wildman–Crippen LogP) is 2.99. The number of amides is 1. The van der Waals surface area contributed by atoms with Crippen LogP contribution in [0.4, 0.5) is 11.6 Å². The third-order valence-electron chi connectivity index (χ3n) is 3.93. The number of hydrogen-bond donors (Lipinski definition) is 2. The molecule has 9 heteroatoms. The fourth-order valence-electron chi connectivity index (χ4n) is 2.37. The van der Waals surface area contributed by atoms with Crippen LogP contribution in [0.1, 0.15) is 12.5 Å². The van der Waals surface area contributed by atoms with Gasteiger partial charge in [-0.25, -0.2) is 23.1 Å². The van der Waals surface area contributed by atoms with Crippen LogP contribution in [-0.2, 0) is 14.8 Å². The summed E-state index contributed by atoms with van der Waals surface area (Å²) in [5, 5.41) is 2.70. The van der Waals surface area contributed by atoms with Gasteiger partial charge in [0.05, 0.1) is 4.90 Å². The van der Waals surface area contributed by atoms with Crippen molar-refractivity contribution < 1.29 is 17.9 Å². The van der Waals surface area contributed by atoms with Gasteiger partial charge in [-0.15, -0.1) is 0 Å². The van der Waals surface area contributed by atoms with Crippen LogP contribution in [0.25, 0.3) is 0 Å². The molecule has 1 atom stereocenters. The molecule has 0 aliphatic heterocycles. The molecule has 3 rings (SSSR count). The Morgan fingerprint density at radius 2 is 1.62 bits per heavy atom. The summed E-state index contributed by atoms with van der Waals surface area (Å²) in [6.07, 6.45) is 2.14. The summed E-state index contributed by atoms with van der Waals surface area (Å²) >= 11 is 0. The number of carbonyl (C=O) groups excluding carboxylic acids is 1. The summed E-state index contributed by atoms with van der Waals surface area (Å²) in [4.78, 5) is 20.0. The number of sulfonamides is 1. The van der Waals surface area contributed by atoms with E-state index in [9.17, 15) is 13.2 Å². The van der Waals surface area contributed by atoms with Gasteiger partial charge in [-0.1, -0.05) is 17.7 Å². The molecule has 150 valence electrons. The molecule has 0 saturated heterocycles. The molecule has 1 aromatic heterocycles. The van der Waals surface area contributed by atoms with Crippen LogP contribution in [0.5, 0.6) is 5.75 Å². The Kier molecular flexibility index (Phi) is 6.08. The molecule has 0 saturated carbocycles. The number of ether oxygens (including phenoxy) is 1. The normalized spacial score (nSPS) is 12.1. The average Bonchev–Trinajstić information content (AvgIpc) is 2.70. The first-order valence-electron chi connectivity index (χ1n) is 8.77. The third kappa shape index (κ3) is 5.52. The van der Waals surface area contributed by atoms with Crippen LogP contribution in [0, 0.1) is 6.92 Å². The quantitative estimate of drug-likeness (QED) is 0.617. The van der Waals surface area contributed by atoms with E-state index in [-0.39, 0.29) is 16.8 Å². The highest BCUT2D eigenvalue weighted by molar-refractivity contribution is 7.92. The fourth-order valence-corrected chi connectivity index (χ4v) is 3.32. The maximum Gasteiger partial charge on any atom is 0.265 e. The number of nitrogens with zero attached hydrogens (tertiary/aromatic N) is 2. The van der Waals surface area contributed by atoms with E-state index in [1.54, 1.807) is 25.1 Å². The molecule has 0 radical (unpaired) electrons. The highest BCUT2D eigenvalue weighted by Gasteiger charge is 2.17. The average molecular weight is 412 g/mol. The van der Waals surface area contributed by atoms with Crippen molar-refractivity contribution in [1.29, 1.82) is 0 Å². The van der Waals surface area contributed by atoms with E-state index in [1.165, 1.54) is 36.7 Å². The van der Waals surface area contributed by atoms with Gasteiger partial charge in [0.15, 0.2) is 6.10 Å². The first kappa shape index (κ1) is 20.3. The lowest BCUT2D eigenvalue weighted by atomic mass is 10.2. The maximum absolute atomic E-state index is 12.4. The zero-order valence-electron chi connectivity index (χ0n) is 15.9. The van der Waals surface area contributed by atoms with Gasteiger partial charge in [-0.3, -0.25) is 4.79 Å². The second-order valence-electron chi connectivity index (χ2n) is 6.26. The van der Waals surface area contributed by atoms with Gasteiger partial charge >= 0.3 is 0 Å². The summed E-state index contributed by atoms with van der Waals surface area (Å²) in [5.74, 6) is 0.220. The molecule has 3 aromatic rings. The number of benzene rings is 2. The van der Waals surface area contributed by atoms with Gasteiger partial charge in [-0.2, -0.15) is 0 Å². The number of carbonyl (C=O) groups is 1. The number of anilines is 2. The van der Waals surface area contributed by atoms with Crippen molar-refractivity contribution in [2.24, 2.45) is 0 Å². The van der Waals surface area contributed by atoms with E-state index in [0.29, 0.717) is 11.4 Å². The minimum atomic E-state index is -3.83. The summed E-state index contributed by atoms with van der Waals surface area (Å²) in [7, 11) is -3.83. The lowest BCUT2D eigenvalue weighted by Gasteiger charge is -2.15. The van der Waals surface area contributed by atoms with Crippen molar-refractivity contribution in [1.82, 2.24) is 9.97 Å². The Bertz CT molecular complexity index is 1070. The number of aryl methyl sites for hydroxylation is 1. The van der Waals surface area contributed by atoms with Crippen molar-refractivity contribution in [3.8, 4) is 5.75 Å². The van der Waals surface area contributed by atoms with Crippen molar-refractivity contribution in [3.63, 3.8) is 0 Å². The molecule has 29 heavy (non-hydrogen) atoms. The van der Waals surface area contributed by atoms with Crippen LogP contribution in [0.2, 0.25) is 0 Å². The van der Waals surface area contributed by atoms with Gasteiger partial charge < -0.3 is 10.1 Å². The highest BCUT2D eigenvalue weighted by Crippen LogP contribution is 2.18. The molecule has 0 fully saturated rings. The van der Waals surface area contributed by atoms with E-state index in [0.717, 1.165) is 5.56 Å². The first-order chi connectivity index (χ1) is 13.8. The van der Waals surface area contributed by atoms with Crippen molar-refractivity contribution in [3.05, 3.63) is 72.6 Å². The molecule has 0 spiro atoms. The standard InChI is InChI=1S/C20H20N4O4S/c1-14-4-8-17(9-5-14)28-15(2)19(25)23-16-6-10-18(11-7-16)29(26,27)24-20-21-12-3-13-22-20/h3-13,15H,1-2H3,(H,23,25)(H,21,22,24). The Balaban J connectivity index is 1.62. The van der Waals surface area contributed by atoms with E-state index < -0.39 is 16.1 Å². The molecule has 0 bridgehead atoms. The van der Waals surface area contributed by atoms with Crippen molar-refractivity contribution in [2.75, 3.05) is 10.0 Å². The molecule has 2 aromatic carbocycles. The van der Waals surface area contributed by atoms with Gasteiger partial charge in [0.2, 0.25) is 5.95 Å². The Labute approximate surface area is 169 Å². The minimum Gasteiger partial charge on any atom is -0.481 e. The van der Waals surface area contributed by atoms with Gasteiger partial charge in [0.1, 0.15) is 5.75 Å².